The fourth-order valence-corrected chi connectivity index (χ4v) is 5.71. The lowest BCUT2D eigenvalue weighted by atomic mass is 9.96. The quantitative estimate of drug-likeness (QED) is 0.0407. The monoisotopic (exact) mass is 896 g/mol. The fourth-order valence-electron chi connectivity index (χ4n) is 5.71. The Labute approximate surface area is 344 Å². The maximum atomic E-state index is 14.8. The number of halogens is 15. The van der Waals surface area contributed by atoms with Crippen molar-refractivity contribution in [2.45, 2.75) is 63.8 Å². The van der Waals surface area contributed by atoms with Crippen LogP contribution >= 0.6 is 0 Å². The SMILES string of the molecule is C=CC(CCCCOc1cc(F)c(C(F)(F)Oc2cc(F)c(C#CC)c(F)c2)c(F)c1)CCCCOc1cc(F)c(C(F)(F)Oc2cc(F)c(C#CC(F)(F)F)c(F)c2)c(F)c1. The van der Waals surface area contributed by atoms with Crippen molar-refractivity contribution in [2.24, 2.45) is 5.92 Å². The zero-order chi connectivity index (χ0) is 46.0. The molecule has 0 aliphatic carbocycles. The molecule has 62 heavy (non-hydrogen) atoms. The summed E-state index contributed by atoms with van der Waals surface area (Å²) in [6, 6.07) is 2.72. The molecule has 0 aliphatic heterocycles. The van der Waals surface area contributed by atoms with Crippen molar-refractivity contribution in [3.8, 4) is 46.7 Å². The topological polar surface area (TPSA) is 36.9 Å². The highest BCUT2D eigenvalue weighted by molar-refractivity contribution is 5.43. The van der Waals surface area contributed by atoms with Crippen LogP contribution in [0.15, 0.2) is 61.2 Å². The van der Waals surface area contributed by atoms with Crippen LogP contribution in [0.5, 0.6) is 23.0 Å². The molecule has 0 spiro atoms. The number of benzene rings is 4. The van der Waals surface area contributed by atoms with E-state index in [1.807, 2.05) is 0 Å². The minimum absolute atomic E-state index is 0.0495. The summed E-state index contributed by atoms with van der Waals surface area (Å²) in [6.07, 6.45) is -10.2. The van der Waals surface area contributed by atoms with Crippen molar-refractivity contribution in [3.05, 3.63) is 130 Å². The lowest BCUT2D eigenvalue weighted by Crippen LogP contribution is -2.25. The number of hydrogen-bond donors (Lipinski definition) is 0. The second-order valence-electron chi connectivity index (χ2n) is 13.1. The summed E-state index contributed by atoms with van der Waals surface area (Å²) in [5, 5.41) is 0. The van der Waals surface area contributed by atoms with Gasteiger partial charge in [0, 0.05) is 54.5 Å². The molecule has 1 atom stereocenters. The van der Waals surface area contributed by atoms with E-state index in [0.29, 0.717) is 80.8 Å². The Balaban J connectivity index is 1.21. The van der Waals surface area contributed by atoms with E-state index < -0.39 is 110 Å². The van der Waals surface area contributed by atoms with Crippen molar-refractivity contribution in [2.75, 3.05) is 13.2 Å². The van der Waals surface area contributed by atoms with Crippen molar-refractivity contribution in [3.63, 3.8) is 0 Å². The molecular weight excluding hydrogens is 865 g/mol. The molecule has 0 heterocycles. The molecule has 1 unspecified atom stereocenters. The first-order chi connectivity index (χ1) is 29.0. The lowest BCUT2D eigenvalue weighted by Gasteiger charge is -2.20. The maximum Gasteiger partial charge on any atom is 0.458 e. The van der Waals surface area contributed by atoms with Crippen LogP contribution < -0.4 is 18.9 Å². The third kappa shape index (κ3) is 13.2. The third-order valence-corrected chi connectivity index (χ3v) is 8.53. The Morgan fingerprint density at radius 3 is 1.18 bits per heavy atom. The maximum absolute atomic E-state index is 14.8. The van der Waals surface area contributed by atoms with Gasteiger partial charge in [-0.1, -0.05) is 17.9 Å². The Hall–Kier alpha value is -6.11. The molecule has 4 nitrogen and oxygen atoms in total. The molecule has 4 aromatic carbocycles. The highest BCUT2D eigenvalue weighted by Crippen LogP contribution is 2.39. The Kier molecular flexibility index (Phi) is 16.2. The average Bonchev–Trinajstić information content (AvgIpc) is 3.13. The zero-order valence-electron chi connectivity index (χ0n) is 31.9. The van der Waals surface area contributed by atoms with E-state index in [0.717, 1.165) is 0 Å². The molecule has 0 amide bonds. The van der Waals surface area contributed by atoms with Gasteiger partial charge in [0.25, 0.3) is 0 Å². The van der Waals surface area contributed by atoms with Gasteiger partial charge in [0.1, 0.15) is 80.7 Å². The molecule has 0 N–H and O–H groups in total. The summed E-state index contributed by atoms with van der Waals surface area (Å²) in [6.45, 7) is 4.85. The number of ether oxygens (including phenoxy) is 4. The summed E-state index contributed by atoms with van der Waals surface area (Å²) in [5.74, 6) is -10.7. The largest absolute Gasteiger partial charge is 0.493 e. The third-order valence-electron chi connectivity index (χ3n) is 8.53. The molecule has 0 aliphatic rings. The normalized spacial score (nSPS) is 12.1. The van der Waals surface area contributed by atoms with Crippen LogP contribution in [0.25, 0.3) is 0 Å². The number of alkyl halides is 7. The van der Waals surface area contributed by atoms with Gasteiger partial charge in [-0.2, -0.15) is 30.7 Å². The van der Waals surface area contributed by atoms with Gasteiger partial charge in [0.15, 0.2) is 0 Å². The first kappa shape index (κ1) is 48.6. The molecule has 19 heteroatoms. The second-order valence-corrected chi connectivity index (χ2v) is 13.1. The summed E-state index contributed by atoms with van der Waals surface area (Å²) in [7, 11) is 0. The molecule has 4 rings (SSSR count). The van der Waals surface area contributed by atoms with Gasteiger partial charge in [-0.3, -0.25) is 0 Å². The lowest BCUT2D eigenvalue weighted by molar-refractivity contribution is -0.190. The Morgan fingerprint density at radius 1 is 0.516 bits per heavy atom. The first-order valence-corrected chi connectivity index (χ1v) is 18.1. The molecule has 0 aromatic heterocycles. The van der Waals surface area contributed by atoms with Gasteiger partial charge in [0.05, 0.1) is 24.3 Å². The molecule has 0 fully saturated rings. The highest BCUT2D eigenvalue weighted by Gasteiger charge is 2.43. The molecular formula is C43H31F15O4. The zero-order valence-corrected chi connectivity index (χ0v) is 31.9. The highest BCUT2D eigenvalue weighted by atomic mass is 19.4. The molecule has 0 radical (unpaired) electrons. The van der Waals surface area contributed by atoms with Crippen molar-refractivity contribution >= 4 is 0 Å². The average molecular weight is 897 g/mol. The van der Waals surface area contributed by atoms with Crippen LogP contribution in [0.2, 0.25) is 0 Å². The van der Waals surface area contributed by atoms with E-state index in [4.69, 9.17) is 9.47 Å². The van der Waals surface area contributed by atoms with Gasteiger partial charge in [0.2, 0.25) is 0 Å². The Bertz CT molecular complexity index is 2280. The number of rotatable bonds is 19. The predicted octanol–water partition coefficient (Wildman–Crippen LogP) is 12.9. The first-order valence-electron chi connectivity index (χ1n) is 18.1. The van der Waals surface area contributed by atoms with Crippen LogP contribution in [0.1, 0.15) is 67.7 Å². The van der Waals surface area contributed by atoms with Crippen LogP contribution in [0, 0.1) is 76.1 Å². The summed E-state index contributed by atoms with van der Waals surface area (Å²) in [5.41, 5.74) is -5.89. The second kappa shape index (κ2) is 20.6. The van der Waals surface area contributed by atoms with E-state index in [9.17, 15) is 65.9 Å². The number of allylic oxidation sites excluding steroid dienone is 1. The summed E-state index contributed by atoms with van der Waals surface area (Å²) < 4.78 is 230. The van der Waals surface area contributed by atoms with E-state index in [1.54, 1.807) is 6.08 Å². The predicted molar refractivity (Wildman–Crippen MR) is 192 cm³/mol. The van der Waals surface area contributed by atoms with E-state index in [-0.39, 0.29) is 31.3 Å². The number of unbranched alkanes of at least 4 members (excludes halogenated alkanes) is 2. The molecule has 0 saturated carbocycles. The summed E-state index contributed by atoms with van der Waals surface area (Å²) in [4.78, 5) is 0. The molecule has 4 aromatic rings. The van der Waals surface area contributed by atoms with Crippen molar-refractivity contribution < 1.29 is 84.8 Å². The number of hydrogen-bond acceptors (Lipinski definition) is 4. The van der Waals surface area contributed by atoms with E-state index in [2.05, 4.69) is 27.9 Å². The van der Waals surface area contributed by atoms with Crippen molar-refractivity contribution in [1.82, 2.24) is 0 Å². The molecule has 0 bridgehead atoms. The van der Waals surface area contributed by atoms with Gasteiger partial charge < -0.3 is 18.9 Å². The van der Waals surface area contributed by atoms with Gasteiger partial charge >= 0.3 is 18.4 Å². The van der Waals surface area contributed by atoms with Crippen LogP contribution in [0.4, 0.5) is 65.9 Å². The summed E-state index contributed by atoms with van der Waals surface area (Å²) >= 11 is 0. The van der Waals surface area contributed by atoms with Gasteiger partial charge in [-0.15, -0.1) is 12.5 Å². The smallest absolute Gasteiger partial charge is 0.458 e. The minimum Gasteiger partial charge on any atom is -0.493 e. The minimum atomic E-state index is -5.12. The van der Waals surface area contributed by atoms with Crippen LogP contribution in [-0.4, -0.2) is 19.4 Å². The van der Waals surface area contributed by atoms with E-state index in [1.165, 1.54) is 12.8 Å². The molecule has 332 valence electrons. The molecule has 0 saturated heterocycles. The van der Waals surface area contributed by atoms with Gasteiger partial charge in [-0.25, -0.2) is 35.1 Å². The van der Waals surface area contributed by atoms with Gasteiger partial charge in [-0.05, 0) is 51.4 Å². The fraction of sp³-hybridized carbons (Fsp3) is 0.302. The van der Waals surface area contributed by atoms with E-state index >= 15 is 0 Å². The van der Waals surface area contributed by atoms with Crippen LogP contribution in [-0.2, 0) is 12.2 Å². The van der Waals surface area contributed by atoms with Crippen molar-refractivity contribution in [1.29, 1.82) is 0 Å². The standard InChI is InChI=1S/C43H31F15O4/c1-3-9-29-31(44)20-27(21-32(29)45)61-42(55,56)39-35(48)16-25(17-36(39)49)59-14-7-5-10-24(4-2)11-6-8-15-60-26-18-37(50)40(38(51)19-26)43(57,58)62-28-22-33(46)30(34(47)23-28)12-13-41(52,53)54/h4,16-24H,2,5-8,10-11,14-15H2,1H3. The Morgan fingerprint density at radius 2 is 0.855 bits per heavy atom. The van der Waals surface area contributed by atoms with Crippen LogP contribution in [0.3, 0.4) is 0 Å².